The second-order valence-electron chi connectivity index (χ2n) is 4.12. The fourth-order valence-electron chi connectivity index (χ4n) is 2.08. The number of thiophene rings is 1. The number of pyridine rings is 1. The third-order valence-corrected chi connectivity index (χ3v) is 4.30. The van der Waals surface area contributed by atoms with Gasteiger partial charge in [-0.05, 0) is 18.2 Å². The molecule has 19 heavy (non-hydrogen) atoms. The maximum atomic E-state index is 5.98. The molecule has 3 heterocycles. The molecule has 0 atom stereocenters. The zero-order chi connectivity index (χ0) is 13.2. The number of halogens is 2. The lowest BCUT2D eigenvalue weighted by atomic mass is 10.3. The summed E-state index contributed by atoms with van der Waals surface area (Å²) in [6.45, 7) is 0.768. The van der Waals surface area contributed by atoms with Crippen LogP contribution < -0.4 is 0 Å². The molecule has 0 aliphatic heterocycles. The summed E-state index contributed by atoms with van der Waals surface area (Å²) in [5, 5.41) is 0. The molecule has 3 nitrogen and oxygen atoms in total. The van der Waals surface area contributed by atoms with Crippen LogP contribution in [0.4, 0.5) is 0 Å². The Labute approximate surface area is 124 Å². The number of imidazole rings is 1. The highest BCUT2D eigenvalue weighted by atomic mass is 35.5. The highest BCUT2D eigenvalue weighted by Gasteiger charge is 2.11. The largest absolute Gasteiger partial charge is 0.323 e. The summed E-state index contributed by atoms with van der Waals surface area (Å²) in [4.78, 5) is 9.91. The van der Waals surface area contributed by atoms with Gasteiger partial charge in [0.15, 0.2) is 0 Å². The first kappa shape index (κ1) is 12.9. The molecule has 3 aromatic rings. The monoisotopic (exact) mass is 311 g/mol. The molecule has 0 aliphatic carbocycles. The molecular weight excluding hydrogens is 301 g/mol. The number of aryl methyl sites for hydroxylation is 1. The number of hydrogen-bond donors (Lipinski definition) is 0. The SMILES string of the molecule is ClCCc1nc2cnccc2n1Cc1ccc(Cl)s1. The van der Waals surface area contributed by atoms with Crippen molar-refractivity contribution >= 4 is 45.6 Å². The highest BCUT2D eigenvalue weighted by Crippen LogP contribution is 2.24. The van der Waals surface area contributed by atoms with E-state index in [1.807, 2.05) is 18.2 Å². The number of hydrogen-bond acceptors (Lipinski definition) is 3. The molecule has 0 N–H and O–H groups in total. The molecule has 0 radical (unpaired) electrons. The van der Waals surface area contributed by atoms with Gasteiger partial charge in [0.1, 0.15) is 11.3 Å². The predicted octanol–water partition coefficient (Wildman–Crippen LogP) is 3.98. The average molecular weight is 312 g/mol. The van der Waals surface area contributed by atoms with E-state index < -0.39 is 0 Å². The first-order chi connectivity index (χ1) is 9.28. The van der Waals surface area contributed by atoms with E-state index in [9.17, 15) is 0 Å². The van der Waals surface area contributed by atoms with Gasteiger partial charge in [-0.25, -0.2) is 4.98 Å². The van der Waals surface area contributed by atoms with Crippen molar-refractivity contribution in [1.29, 1.82) is 0 Å². The Morgan fingerprint density at radius 1 is 1.26 bits per heavy atom. The summed E-state index contributed by atoms with van der Waals surface area (Å²) in [7, 11) is 0. The van der Waals surface area contributed by atoms with Gasteiger partial charge in [0.05, 0.1) is 22.6 Å². The topological polar surface area (TPSA) is 30.7 Å². The van der Waals surface area contributed by atoms with Crippen LogP contribution in [0.2, 0.25) is 4.34 Å². The Hall–Kier alpha value is -1.10. The van der Waals surface area contributed by atoms with Crippen molar-refractivity contribution < 1.29 is 0 Å². The van der Waals surface area contributed by atoms with E-state index in [1.165, 1.54) is 4.88 Å². The second kappa shape index (κ2) is 5.49. The van der Waals surface area contributed by atoms with Crippen LogP contribution in [0.5, 0.6) is 0 Å². The van der Waals surface area contributed by atoms with Crippen molar-refractivity contribution in [3.05, 3.63) is 45.6 Å². The smallest absolute Gasteiger partial charge is 0.111 e. The van der Waals surface area contributed by atoms with Crippen LogP contribution in [0, 0.1) is 0 Å². The quantitative estimate of drug-likeness (QED) is 0.682. The minimum atomic E-state index is 0.557. The Morgan fingerprint density at radius 3 is 2.89 bits per heavy atom. The Balaban J connectivity index is 2.06. The van der Waals surface area contributed by atoms with Crippen LogP contribution in [0.25, 0.3) is 11.0 Å². The van der Waals surface area contributed by atoms with Crippen LogP contribution in [-0.2, 0) is 13.0 Å². The van der Waals surface area contributed by atoms with Crippen molar-refractivity contribution in [2.24, 2.45) is 0 Å². The summed E-state index contributed by atoms with van der Waals surface area (Å²) in [5.41, 5.74) is 1.99. The first-order valence-electron chi connectivity index (χ1n) is 5.87. The number of fused-ring (bicyclic) bond motifs is 1. The van der Waals surface area contributed by atoms with E-state index in [2.05, 4.69) is 14.5 Å². The molecule has 3 aromatic heterocycles. The molecule has 0 aromatic carbocycles. The normalized spacial score (nSPS) is 11.3. The molecular formula is C13H11Cl2N3S. The van der Waals surface area contributed by atoms with Crippen molar-refractivity contribution in [2.45, 2.75) is 13.0 Å². The Morgan fingerprint density at radius 2 is 2.16 bits per heavy atom. The third-order valence-electron chi connectivity index (χ3n) is 2.89. The maximum Gasteiger partial charge on any atom is 0.111 e. The molecule has 0 spiro atoms. The fraction of sp³-hybridized carbons (Fsp3) is 0.231. The van der Waals surface area contributed by atoms with Crippen LogP contribution in [0.15, 0.2) is 30.6 Å². The van der Waals surface area contributed by atoms with Crippen LogP contribution in [0.1, 0.15) is 10.7 Å². The minimum Gasteiger partial charge on any atom is -0.323 e. The van der Waals surface area contributed by atoms with Gasteiger partial charge in [-0.1, -0.05) is 11.6 Å². The highest BCUT2D eigenvalue weighted by molar-refractivity contribution is 7.16. The lowest BCUT2D eigenvalue weighted by molar-refractivity contribution is 0.763. The van der Waals surface area contributed by atoms with Crippen molar-refractivity contribution in [3.63, 3.8) is 0 Å². The Bertz CT molecular complexity index is 705. The van der Waals surface area contributed by atoms with E-state index in [4.69, 9.17) is 23.2 Å². The molecule has 0 saturated heterocycles. The van der Waals surface area contributed by atoms with E-state index in [0.29, 0.717) is 5.88 Å². The summed E-state index contributed by atoms with van der Waals surface area (Å²) in [6.07, 6.45) is 4.31. The van der Waals surface area contributed by atoms with Crippen molar-refractivity contribution in [1.82, 2.24) is 14.5 Å². The number of alkyl halides is 1. The standard InChI is InChI=1S/C13H11Cl2N3S/c14-5-3-13-17-10-7-16-6-4-11(10)18(13)8-9-1-2-12(15)19-9/h1-2,4,6-7H,3,5,8H2. The molecule has 98 valence electrons. The molecule has 0 bridgehead atoms. The molecule has 0 aliphatic rings. The van der Waals surface area contributed by atoms with Gasteiger partial charge in [0, 0.05) is 23.4 Å². The van der Waals surface area contributed by atoms with Gasteiger partial charge in [-0.15, -0.1) is 22.9 Å². The number of aromatic nitrogens is 3. The Kier molecular flexibility index (Phi) is 3.73. The number of rotatable bonds is 4. The van der Waals surface area contributed by atoms with Gasteiger partial charge in [0.25, 0.3) is 0 Å². The van der Waals surface area contributed by atoms with Crippen LogP contribution >= 0.6 is 34.5 Å². The molecule has 0 saturated carbocycles. The zero-order valence-electron chi connectivity index (χ0n) is 10.0. The van der Waals surface area contributed by atoms with Crippen LogP contribution in [-0.4, -0.2) is 20.4 Å². The first-order valence-corrected chi connectivity index (χ1v) is 7.60. The van der Waals surface area contributed by atoms with Crippen molar-refractivity contribution in [3.8, 4) is 0 Å². The molecule has 0 unspecified atom stereocenters. The second-order valence-corrected chi connectivity index (χ2v) is 6.30. The summed E-state index contributed by atoms with van der Waals surface area (Å²) < 4.78 is 2.99. The molecule has 3 rings (SSSR count). The summed E-state index contributed by atoms with van der Waals surface area (Å²) in [5.74, 6) is 1.55. The maximum absolute atomic E-state index is 5.98. The number of nitrogens with zero attached hydrogens (tertiary/aromatic N) is 3. The third kappa shape index (κ3) is 2.61. The van der Waals surface area contributed by atoms with E-state index in [-0.39, 0.29) is 0 Å². The van der Waals surface area contributed by atoms with E-state index in [1.54, 1.807) is 23.7 Å². The van der Waals surface area contributed by atoms with Gasteiger partial charge in [-0.2, -0.15) is 0 Å². The van der Waals surface area contributed by atoms with Crippen molar-refractivity contribution in [2.75, 3.05) is 5.88 Å². The molecule has 6 heteroatoms. The van der Waals surface area contributed by atoms with Gasteiger partial charge >= 0.3 is 0 Å². The fourth-order valence-corrected chi connectivity index (χ4v) is 3.32. The zero-order valence-corrected chi connectivity index (χ0v) is 12.3. The van der Waals surface area contributed by atoms with Crippen LogP contribution in [0.3, 0.4) is 0 Å². The summed E-state index contributed by atoms with van der Waals surface area (Å²) >= 11 is 13.4. The minimum absolute atomic E-state index is 0.557. The van der Waals surface area contributed by atoms with Gasteiger partial charge < -0.3 is 4.57 Å². The lowest BCUT2D eigenvalue weighted by Gasteiger charge is -2.06. The summed E-state index contributed by atoms with van der Waals surface area (Å²) in [6, 6.07) is 5.95. The van der Waals surface area contributed by atoms with E-state index >= 15 is 0 Å². The van der Waals surface area contributed by atoms with Gasteiger partial charge in [0.2, 0.25) is 0 Å². The molecule has 0 amide bonds. The average Bonchev–Trinajstić information content (AvgIpc) is 2.96. The predicted molar refractivity (Wildman–Crippen MR) is 80.4 cm³/mol. The van der Waals surface area contributed by atoms with E-state index in [0.717, 1.165) is 34.2 Å². The molecule has 0 fully saturated rings. The lowest BCUT2D eigenvalue weighted by Crippen LogP contribution is -2.04. The van der Waals surface area contributed by atoms with Gasteiger partial charge in [-0.3, -0.25) is 4.98 Å².